The van der Waals surface area contributed by atoms with Crippen molar-refractivity contribution in [1.82, 2.24) is 9.29 Å². The van der Waals surface area contributed by atoms with Crippen molar-refractivity contribution < 1.29 is 23.4 Å². The van der Waals surface area contributed by atoms with Gasteiger partial charge in [0.15, 0.2) is 9.90 Å². The predicted octanol–water partition coefficient (Wildman–Crippen LogP) is 0.233. The molecule has 0 atom stereocenters. The van der Waals surface area contributed by atoms with Gasteiger partial charge in [0.25, 0.3) is 10.0 Å². The molecule has 1 fully saturated rings. The molecule has 1 heterocycles. The third kappa shape index (κ3) is 2.78. The van der Waals surface area contributed by atoms with Crippen molar-refractivity contribution in [1.29, 1.82) is 0 Å². The molecule has 0 bridgehead atoms. The molecule has 106 valence electrons. The number of carbonyl (C=O) groups is 1. The molecule has 19 heavy (non-hydrogen) atoms. The van der Waals surface area contributed by atoms with E-state index in [4.69, 9.17) is 5.11 Å². The van der Waals surface area contributed by atoms with Crippen LogP contribution in [0.25, 0.3) is 0 Å². The van der Waals surface area contributed by atoms with E-state index in [0.717, 1.165) is 15.6 Å². The highest BCUT2D eigenvalue weighted by atomic mass is 32.2. The molecule has 0 spiro atoms. The first-order chi connectivity index (χ1) is 8.82. The lowest BCUT2D eigenvalue weighted by Crippen LogP contribution is -2.39. The van der Waals surface area contributed by atoms with Gasteiger partial charge in [0, 0.05) is 13.6 Å². The van der Waals surface area contributed by atoms with Crippen LogP contribution in [-0.4, -0.2) is 53.6 Å². The fourth-order valence-electron chi connectivity index (χ4n) is 2.01. The summed E-state index contributed by atoms with van der Waals surface area (Å²) < 4.78 is 25.4. The van der Waals surface area contributed by atoms with Crippen LogP contribution in [0.15, 0.2) is 9.72 Å². The van der Waals surface area contributed by atoms with E-state index in [0.29, 0.717) is 12.8 Å². The SMILES string of the molecule is CN(CC1CC(O)C1)S(=O)(=O)c1scnc1C(=O)O. The predicted molar refractivity (Wildman–Crippen MR) is 67.6 cm³/mol. The summed E-state index contributed by atoms with van der Waals surface area (Å²) in [5, 5.41) is 18.1. The minimum Gasteiger partial charge on any atom is -0.476 e. The second-order valence-electron chi connectivity index (χ2n) is 4.57. The van der Waals surface area contributed by atoms with Gasteiger partial charge < -0.3 is 10.2 Å². The molecule has 0 unspecified atom stereocenters. The number of thiazole rings is 1. The van der Waals surface area contributed by atoms with Crippen molar-refractivity contribution in [2.24, 2.45) is 5.92 Å². The monoisotopic (exact) mass is 306 g/mol. The van der Waals surface area contributed by atoms with E-state index in [-0.39, 0.29) is 22.8 Å². The van der Waals surface area contributed by atoms with Gasteiger partial charge in [0.1, 0.15) is 0 Å². The molecule has 9 heteroatoms. The molecule has 1 saturated carbocycles. The summed E-state index contributed by atoms with van der Waals surface area (Å²) in [7, 11) is -2.43. The molecule has 1 aliphatic carbocycles. The van der Waals surface area contributed by atoms with Crippen molar-refractivity contribution in [3.05, 3.63) is 11.2 Å². The Balaban J connectivity index is 2.17. The smallest absolute Gasteiger partial charge is 0.356 e. The van der Waals surface area contributed by atoms with Gasteiger partial charge in [0.05, 0.1) is 11.6 Å². The summed E-state index contributed by atoms with van der Waals surface area (Å²) >= 11 is 0.795. The highest BCUT2D eigenvalue weighted by Gasteiger charge is 2.34. The van der Waals surface area contributed by atoms with E-state index < -0.39 is 21.7 Å². The van der Waals surface area contributed by atoms with E-state index in [1.165, 1.54) is 12.6 Å². The van der Waals surface area contributed by atoms with Crippen LogP contribution in [0.3, 0.4) is 0 Å². The summed E-state index contributed by atoms with van der Waals surface area (Å²) in [4.78, 5) is 14.5. The van der Waals surface area contributed by atoms with Gasteiger partial charge in [-0.2, -0.15) is 4.31 Å². The van der Waals surface area contributed by atoms with Crippen molar-refractivity contribution in [3.8, 4) is 0 Å². The van der Waals surface area contributed by atoms with Crippen LogP contribution in [0.4, 0.5) is 0 Å². The highest BCUT2D eigenvalue weighted by molar-refractivity contribution is 7.91. The molecular weight excluding hydrogens is 292 g/mol. The van der Waals surface area contributed by atoms with Crippen molar-refractivity contribution in [3.63, 3.8) is 0 Å². The maximum atomic E-state index is 12.2. The summed E-state index contributed by atoms with van der Waals surface area (Å²) in [5.74, 6) is -1.23. The first-order valence-corrected chi connectivity index (χ1v) is 7.95. The van der Waals surface area contributed by atoms with Crippen molar-refractivity contribution >= 4 is 27.3 Å². The topological polar surface area (TPSA) is 108 Å². The molecule has 0 aliphatic heterocycles. The van der Waals surface area contributed by atoms with E-state index in [1.807, 2.05) is 0 Å². The van der Waals surface area contributed by atoms with Crippen LogP contribution >= 0.6 is 11.3 Å². The third-order valence-corrected chi connectivity index (χ3v) is 6.28. The van der Waals surface area contributed by atoms with Gasteiger partial charge in [-0.3, -0.25) is 0 Å². The lowest BCUT2D eigenvalue weighted by Gasteiger charge is -2.33. The summed E-state index contributed by atoms with van der Waals surface area (Å²) in [6.07, 6.45) is 0.807. The fraction of sp³-hybridized carbons (Fsp3) is 0.600. The second-order valence-corrected chi connectivity index (χ2v) is 7.67. The van der Waals surface area contributed by atoms with Crippen LogP contribution < -0.4 is 0 Å². The van der Waals surface area contributed by atoms with Gasteiger partial charge in [-0.15, -0.1) is 11.3 Å². The Morgan fingerprint density at radius 3 is 2.74 bits per heavy atom. The molecule has 0 saturated heterocycles. The number of aliphatic hydroxyl groups is 1. The quantitative estimate of drug-likeness (QED) is 0.806. The van der Waals surface area contributed by atoms with E-state index >= 15 is 0 Å². The molecule has 1 aromatic rings. The van der Waals surface area contributed by atoms with Crippen LogP contribution in [-0.2, 0) is 10.0 Å². The third-order valence-electron chi connectivity index (χ3n) is 3.11. The minimum atomic E-state index is -3.83. The van der Waals surface area contributed by atoms with Crippen molar-refractivity contribution in [2.75, 3.05) is 13.6 Å². The van der Waals surface area contributed by atoms with Crippen molar-refractivity contribution in [2.45, 2.75) is 23.2 Å². The normalized spacial score (nSPS) is 23.3. The Morgan fingerprint density at radius 1 is 1.58 bits per heavy atom. The van der Waals surface area contributed by atoms with E-state index in [2.05, 4.69) is 4.98 Å². The highest BCUT2D eigenvalue weighted by Crippen LogP contribution is 2.30. The molecule has 1 aromatic heterocycles. The Hall–Kier alpha value is -1.03. The molecule has 0 amide bonds. The Labute approximate surface area is 114 Å². The summed E-state index contributed by atoms with van der Waals surface area (Å²) in [6, 6.07) is 0. The van der Waals surface area contributed by atoms with Gasteiger partial charge in [0.2, 0.25) is 0 Å². The van der Waals surface area contributed by atoms with E-state index in [1.54, 1.807) is 0 Å². The summed E-state index contributed by atoms with van der Waals surface area (Å²) in [6.45, 7) is 0.274. The first kappa shape index (κ1) is 14.4. The zero-order chi connectivity index (χ0) is 14.2. The van der Waals surface area contributed by atoms with E-state index in [9.17, 15) is 18.3 Å². The standard InChI is InChI=1S/C10H14N2O5S2/c1-12(4-6-2-7(13)3-6)19(16,17)10-8(9(14)15)11-5-18-10/h5-7,13H,2-4H2,1H3,(H,14,15). The van der Waals surface area contributed by atoms with Gasteiger partial charge in [-0.25, -0.2) is 18.2 Å². The Bertz CT molecular complexity index is 576. The number of nitrogens with zero attached hydrogens (tertiary/aromatic N) is 2. The average Bonchev–Trinajstić information content (AvgIpc) is 2.76. The molecule has 1 aliphatic rings. The van der Waals surface area contributed by atoms with Crippen LogP contribution in [0.1, 0.15) is 23.3 Å². The lowest BCUT2D eigenvalue weighted by molar-refractivity contribution is 0.0367. The van der Waals surface area contributed by atoms with Gasteiger partial charge in [-0.05, 0) is 18.8 Å². The van der Waals surface area contributed by atoms with Crippen LogP contribution in [0.2, 0.25) is 0 Å². The number of rotatable bonds is 5. The number of aliphatic hydroxyl groups excluding tert-OH is 1. The Morgan fingerprint density at radius 2 is 2.21 bits per heavy atom. The molecule has 0 aromatic carbocycles. The number of aromatic nitrogens is 1. The zero-order valence-corrected chi connectivity index (χ0v) is 11.8. The first-order valence-electron chi connectivity index (χ1n) is 5.63. The molecule has 2 rings (SSSR count). The number of aromatic carboxylic acids is 1. The van der Waals surface area contributed by atoms with Crippen LogP contribution in [0.5, 0.6) is 0 Å². The molecule has 2 N–H and O–H groups in total. The number of hydrogen-bond donors (Lipinski definition) is 2. The Kier molecular flexibility index (Phi) is 3.90. The number of sulfonamides is 1. The van der Waals surface area contributed by atoms with Gasteiger partial charge in [-0.1, -0.05) is 0 Å². The molecule has 7 nitrogen and oxygen atoms in total. The largest absolute Gasteiger partial charge is 0.476 e. The number of carboxylic acid groups (broad SMARTS) is 1. The molecular formula is C10H14N2O5S2. The fourth-order valence-corrected chi connectivity index (χ4v) is 4.59. The number of carboxylic acids is 1. The zero-order valence-electron chi connectivity index (χ0n) is 10.2. The molecule has 0 radical (unpaired) electrons. The van der Waals surface area contributed by atoms with Gasteiger partial charge >= 0.3 is 5.97 Å². The number of hydrogen-bond acceptors (Lipinski definition) is 6. The minimum absolute atomic E-state index is 0.121. The maximum Gasteiger partial charge on any atom is 0.356 e. The van der Waals surface area contributed by atoms with Crippen LogP contribution in [0, 0.1) is 5.92 Å². The second kappa shape index (κ2) is 5.16. The average molecular weight is 306 g/mol. The lowest BCUT2D eigenvalue weighted by atomic mass is 9.82. The maximum absolute atomic E-state index is 12.2. The summed E-state index contributed by atoms with van der Waals surface area (Å²) in [5.41, 5.74) is 0.766.